The van der Waals surface area contributed by atoms with Crippen molar-refractivity contribution in [3.63, 3.8) is 0 Å². The van der Waals surface area contributed by atoms with E-state index in [1.807, 2.05) is 6.92 Å². The minimum absolute atomic E-state index is 0.0285. The highest BCUT2D eigenvalue weighted by atomic mass is 16.4. The molecule has 5 nitrogen and oxygen atoms in total. The van der Waals surface area contributed by atoms with Crippen LogP contribution in [0.2, 0.25) is 0 Å². The first-order valence-corrected chi connectivity index (χ1v) is 7.05. The van der Waals surface area contributed by atoms with Crippen LogP contribution in [0.1, 0.15) is 39.0 Å². The lowest BCUT2D eigenvalue weighted by atomic mass is 10.0. The summed E-state index contributed by atoms with van der Waals surface area (Å²) in [6, 6.07) is -0.916. The van der Waals surface area contributed by atoms with Gasteiger partial charge in [-0.15, -0.1) is 0 Å². The van der Waals surface area contributed by atoms with Crippen LogP contribution in [0, 0.1) is 5.92 Å². The largest absolute Gasteiger partial charge is 0.480 e. The first kappa shape index (κ1) is 13.9. The Labute approximate surface area is 113 Å². The van der Waals surface area contributed by atoms with Crippen LogP contribution >= 0.6 is 0 Å². The van der Waals surface area contributed by atoms with Gasteiger partial charge < -0.3 is 15.3 Å². The van der Waals surface area contributed by atoms with Crippen LogP contribution in [0.15, 0.2) is 11.6 Å². The van der Waals surface area contributed by atoms with Gasteiger partial charge in [-0.25, -0.2) is 9.59 Å². The second kappa shape index (κ2) is 6.08. The minimum Gasteiger partial charge on any atom is -0.480 e. The van der Waals surface area contributed by atoms with Gasteiger partial charge in [0, 0.05) is 13.1 Å². The number of amides is 2. The molecule has 0 aromatic heterocycles. The average molecular weight is 266 g/mol. The number of allylic oxidation sites excluding steroid dienone is 1. The van der Waals surface area contributed by atoms with E-state index in [1.54, 1.807) is 0 Å². The smallest absolute Gasteiger partial charge is 0.326 e. The number of hydrogen-bond acceptors (Lipinski definition) is 2. The molecule has 5 heteroatoms. The van der Waals surface area contributed by atoms with E-state index in [0.717, 1.165) is 25.7 Å². The second-order valence-corrected chi connectivity index (χ2v) is 5.48. The third kappa shape index (κ3) is 3.28. The van der Waals surface area contributed by atoms with Crippen molar-refractivity contribution in [2.45, 2.75) is 45.1 Å². The molecule has 106 valence electrons. The van der Waals surface area contributed by atoms with Crippen LogP contribution in [-0.4, -0.2) is 41.1 Å². The van der Waals surface area contributed by atoms with Crippen molar-refractivity contribution in [2.75, 3.05) is 13.1 Å². The van der Waals surface area contributed by atoms with Crippen molar-refractivity contribution in [1.82, 2.24) is 10.2 Å². The molecule has 2 unspecified atom stereocenters. The lowest BCUT2D eigenvalue weighted by Gasteiger charge is -2.23. The molecule has 1 saturated heterocycles. The Morgan fingerprint density at radius 2 is 2.32 bits per heavy atom. The number of carbonyl (C=O) groups excluding carboxylic acids is 1. The number of nitrogens with zero attached hydrogens (tertiary/aromatic N) is 1. The van der Waals surface area contributed by atoms with E-state index < -0.39 is 12.0 Å². The number of carboxylic acids is 1. The number of aliphatic carboxylic acids is 1. The fourth-order valence-corrected chi connectivity index (χ4v) is 2.95. The van der Waals surface area contributed by atoms with Gasteiger partial charge in [-0.05, 0) is 38.0 Å². The van der Waals surface area contributed by atoms with Gasteiger partial charge in [0.25, 0.3) is 0 Å². The zero-order chi connectivity index (χ0) is 13.8. The molecule has 1 fully saturated rings. The van der Waals surface area contributed by atoms with Crippen LogP contribution in [0.25, 0.3) is 0 Å². The van der Waals surface area contributed by atoms with Crippen molar-refractivity contribution in [3.05, 3.63) is 11.6 Å². The highest BCUT2D eigenvalue weighted by Gasteiger charge is 2.39. The summed E-state index contributed by atoms with van der Waals surface area (Å²) in [5.41, 5.74) is 1.41. The van der Waals surface area contributed by atoms with E-state index in [9.17, 15) is 14.7 Å². The molecule has 2 amide bonds. The normalized spacial score (nSPS) is 26.4. The van der Waals surface area contributed by atoms with Crippen molar-refractivity contribution >= 4 is 12.0 Å². The Hall–Kier alpha value is -1.52. The van der Waals surface area contributed by atoms with Crippen LogP contribution in [0.5, 0.6) is 0 Å². The standard InChI is InChI=1S/C14H22N2O3/c1-10-7-9-16(12(10)13(17)18)14(19)15-8-6-11-4-2-3-5-11/h4,10,12H,2-3,5-9H2,1H3,(H,15,19)(H,17,18). The van der Waals surface area contributed by atoms with Gasteiger partial charge in [0.1, 0.15) is 6.04 Å². The maximum atomic E-state index is 12.0. The van der Waals surface area contributed by atoms with Gasteiger partial charge in [0.2, 0.25) is 0 Å². The van der Waals surface area contributed by atoms with E-state index in [-0.39, 0.29) is 11.9 Å². The van der Waals surface area contributed by atoms with Gasteiger partial charge in [-0.2, -0.15) is 0 Å². The number of nitrogens with one attached hydrogen (secondary N) is 1. The lowest BCUT2D eigenvalue weighted by Crippen LogP contribution is -2.47. The van der Waals surface area contributed by atoms with E-state index >= 15 is 0 Å². The van der Waals surface area contributed by atoms with Gasteiger partial charge in [0.15, 0.2) is 0 Å². The zero-order valence-corrected chi connectivity index (χ0v) is 11.4. The summed E-state index contributed by atoms with van der Waals surface area (Å²) >= 11 is 0. The molecule has 0 aromatic rings. The number of rotatable bonds is 4. The maximum absolute atomic E-state index is 12.0. The van der Waals surface area contributed by atoms with Crippen molar-refractivity contribution in [2.24, 2.45) is 5.92 Å². The van der Waals surface area contributed by atoms with Crippen LogP contribution in [0.3, 0.4) is 0 Å². The highest BCUT2D eigenvalue weighted by Crippen LogP contribution is 2.24. The molecule has 0 aromatic carbocycles. The number of hydrogen-bond donors (Lipinski definition) is 2. The Morgan fingerprint density at radius 1 is 1.53 bits per heavy atom. The molecule has 0 radical (unpaired) electrons. The molecule has 0 saturated carbocycles. The third-order valence-electron chi connectivity index (χ3n) is 4.07. The zero-order valence-electron chi connectivity index (χ0n) is 11.4. The molecular weight excluding hydrogens is 244 g/mol. The molecule has 1 aliphatic carbocycles. The molecule has 2 aliphatic rings. The van der Waals surface area contributed by atoms with Gasteiger partial charge in [-0.1, -0.05) is 18.6 Å². The lowest BCUT2D eigenvalue weighted by molar-refractivity contribution is -0.142. The van der Waals surface area contributed by atoms with Gasteiger partial charge >= 0.3 is 12.0 Å². The van der Waals surface area contributed by atoms with E-state index in [0.29, 0.717) is 13.1 Å². The van der Waals surface area contributed by atoms with Crippen LogP contribution in [0.4, 0.5) is 4.79 Å². The highest BCUT2D eigenvalue weighted by molar-refractivity contribution is 5.83. The summed E-state index contributed by atoms with van der Waals surface area (Å²) in [5, 5.41) is 12.0. The summed E-state index contributed by atoms with van der Waals surface area (Å²) < 4.78 is 0. The monoisotopic (exact) mass is 266 g/mol. The van der Waals surface area contributed by atoms with Crippen molar-refractivity contribution in [1.29, 1.82) is 0 Å². The van der Waals surface area contributed by atoms with Crippen molar-refractivity contribution in [3.8, 4) is 0 Å². The summed E-state index contributed by atoms with van der Waals surface area (Å²) in [7, 11) is 0. The Morgan fingerprint density at radius 3 is 2.95 bits per heavy atom. The maximum Gasteiger partial charge on any atom is 0.326 e. The molecule has 1 aliphatic heterocycles. The van der Waals surface area contributed by atoms with Crippen LogP contribution in [-0.2, 0) is 4.79 Å². The molecule has 0 spiro atoms. The van der Waals surface area contributed by atoms with E-state index in [4.69, 9.17) is 0 Å². The third-order valence-corrected chi connectivity index (χ3v) is 4.07. The van der Waals surface area contributed by atoms with Gasteiger partial charge in [0.05, 0.1) is 0 Å². The second-order valence-electron chi connectivity index (χ2n) is 5.48. The summed E-state index contributed by atoms with van der Waals surface area (Å²) in [6.07, 6.45) is 7.38. The Kier molecular flexibility index (Phi) is 4.45. The molecule has 2 atom stereocenters. The first-order chi connectivity index (χ1) is 9.09. The average Bonchev–Trinajstić information content (AvgIpc) is 2.97. The summed E-state index contributed by atoms with van der Waals surface area (Å²) in [5.74, 6) is -0.876. The molecule has 19 heavy (non-hydrogen) atoms. The van der Waals surface area contributed by atoms with E-state index in [2.05, 4.69) is 11.4 Å². The first-order valence-electron chi connectivity index (χ1n) is 7.05. The molecular formula is C14H22N2O3. The van der Waals surface area contributed by atoms with E-state index in [1.165, 1.54) is 16.9 Å². The molecule has 2 rings (SSSR count). The molecule has 1 heterocycles. The minimum atomic E-state index is -0.904. The molecule has 2 N–H and O–H groups in total. The summed E-state index contributed by atoms with van der Waals surface area (Å²) in [6.45, 7) is 3.02. The topological polar surface area (TPSA) is 69.6 Å². The Bertz CT molecular complexity index is 392. The Balaban J connectivity index is 1.80. The van der Waals surface area contributed by atoms with Crippen LogP contribution < -0.4 is 5.32 Å². The SMILES string of the molecule is CC1CCN(C(=O)NCCC2=CCCC2)C1C(=O)O. The number of urea groups is 1. The number of carboxylic acid groups (broad SMARTS) is 1. The summed E-state index contributed by atoms with van der Waals surface area (Å²) in [4.78, 5) is 24.6. The fourth-order valence-electron chi connectivity index (χ4n) is 2.95. The number of carbonyl (C=O) groups is 2. The predicted octanol–water partition coefficient (Wildman–Crippen LogP) is 1.99. The molecule has 0 bridgehead atoms. The number of likely N-dealkylation sites (tertiary alicyclic amines) is 1. The fraction of sp³-hybridized carbons (Fsp3) is 0.714. The van der Waals surface area contributed by atoms with Gasteiger partial charge in [-0.3, -0.25) is 0 Å². The quantitative estimate of drug-likeness (QED) is 0.764. The van der Waals surface area contributed by atoms with Crippen molar-refractivity contribution < 1.29 is 14.7 Å². The predicted molar refractivity (Wildman–Crippen MR) is 71.9 cm³/mol.